The second kappa shape index (κ2) is 5.40. The Bertz CT molecular complexity index is 528. The van der Waals surface area contributed by atoms with E-state index in [1.807, 2.05) is 7.05 Å². The van der Waals surface area contributed by atoms with Gasteiger partial charge in [-0.25, -0.2) is 0 Å². The molecule has 1 N–H and O–H groups in total. The van der Waals surface area contributed by atoms with Crippen molar-refractivity contribution in [3.05, 3.63) is 47.2 Å². The molecule has 0 saturated heterocycles. The van der Waals surface area contributed by atoms with E-state index >= 15 is 0 Å². The third-order valence-corrected chi connectivity index (χ3v) is 3.32. The van der Waals surface area contributed by atoms with Crippen molar-refractivity contribution in [2.24, 2.45) is 0 Å². The summed E-state index contributed by atoms with van der Waals surface area (Å²) in [5.41, 5.74) is 3.71. The fraction of sp³-hybridized carbons (Fsp3) is 0.375. The Morgan fingerprint density at radius 3 is 2.67 bits per heavy atom. The van der Waals surface area contributed by atoms with Gasteiger partial charge in [-0.15, -0.1) is 0 Å². The molecule has 18 heavy (non-hydrogen) atoms. The number of nitrogens with one attached hydrogen (secondary N) is 1. The molecule has 2 heteroatoms. The maximum Gasteiger partial charge on any atom is 0.134 e. The molecule has 2 nitrogen and oxygen atoms in total. The van der Waals surface area contributed by atoms with Gasteiger partial charge in [0, 0.05) is 18.0 Å². The molecular formula is C16H21NO. The monoisotopic (exact) mass is 243 g/mol. The van der Waals surface area contributed by atoms with Crippen molar-refractivity contribution in [2.45, 2.75) is 33.2 Å². The van der Waals surface area contributed by atoms with E-state index in [4.69, 9.17) is 4.42 Å². The van der Waals surface area contributed by atoms with Crippen LogP contribution in [0.5, 0.6) is 0 Å². The summed E-state index contributed by atoms with van der Waals surface area (Å²) in [5.74, 6) is 2.00. The van der Waals surface area contributed by atoms with Crippen LogP contribution >= 0.6 is 0 Å². The van der Waals surface area contributed by atoms with Gasteiger partial charge in [-0.2, -0.15) is 0 Å². The van der Waals surface area contributed by atoms with E-state index in [9.17, 15) is 0 Å². The smallest absolute Gasteiger partial charge is 0.134 e. The van der Waals surface area contributed by atoms with E-state index in [2.05, 4.69) is 56.4 Å². The predicted molar refractivity (Wildman–Crippen MR) is 75.8 cm³/mol. The highest BCUT2D eigenvalue weighted by atomic mass is 16.3. The van der Waals surface area contributed by atoms with E-state index in [1.54, 1.807) is 0 Å². The number of benzene rings is 1. The number of aryl methyl sites for hydroxylation is 2. The van der Waals surface area contributed by atoms with Gasteiger partial charge in [-0.1, -0.05) is 17.7 Å². The van der Waals surface area contributed by atoms with Gasteiger partial charge in [0.05, 0.1) is 0 Å². The van der Waals surface area contributed by atoms with Crippen molar-refractivity contribution in [3.8, 4) is 11.3 Å². The van der Waals surface area contributed by atoms with Gasteiger partial charge in [0.15, 0.2) is 0 Å². The lowest BCUT2D eigenvalue weighted by molar-refractivity contribution is 0.481. The summed E-state index contributed by atoms with van der Waals surface area (Å²) in [6.45, 7) is 6.38. The van der Waals surface area contributed by atoms with Crippen LogP contribution in [0, 0.1) is 13.8 Å². The van der Waals surface area contributed by atoms with Gasteiger partial charge >= 0.3 is 0 Å². The summed E-state index contributed by atoms with van der Waals surface area (Å²) >= 11 is 0. The minimum atomic E-state index is 0.433. The van der Waals surface area contributed by atoms with Crippen LogP contribution in [0.4, 0.5) is 0 Å². The molecule has 0 spiro atoms. The van der Waals surface area contributed by atoms with Crippen LogP contribution in [-0.2, 0) is 6.42 Å². The molecule has 1 atom stereocenters. The van der Waals surface area contributed by atoms with Gasteiger partial charge in [0.25, 0.3) is 0 Å². The zero-order valence-corrected chi connectivity index (χ0v) is 11.6. The third-order valence-electron chi connectivity index (χ3n) is 3.32. The van der Waals surface area contributed by atoms with Crippen LogP contribution in [0.25, 0.3) is 11.3 Å². The Balaban J connectivity index is 2.26. The van der Waals surface area contributed by atoms with Crippen LogP contribution in [0.1, 0.15) is 23.8 Å². The summed E-state index contributed by atoms with van der Waals surface area (Å²) in [4.78, 5) is 0. The normalized spacial score (nSPS) is 12.7. The van der Waals surface area contributed by atoms with Crippen LogP contribution in [0.2, 0.25) is 0 Å². The lowest BCUT2D eigenvalue weighted by Crippen LogP contribution is -2.23. The quantitative estimate of drug-likeness (QED) is 0.885. The highest BCUT2D eigenvalue weighted by Gasteiger charge is 2.09. The first-order valence-electron chi connectivity index (χ1n) is 6.43. The van der Waals surface area contributed by atoms with Crippen LogP contribution in [-0.4, -0.2) is 13.1 Å². The molecule has 0 fully saturated rings. The van der Waals surface area contributed by atoms with E-state index in [1.165, 1.54) is 16.7 Å². The third kappa shape index (κ3) is 2.82. The predicted octanol–water partition coefficient (Wildman–Crippen LogP) is 3.71. The molecule has 1 aromatic carbocycles. The van der Waals surface area contributed by atoms with E-state index < -0.39 is 0 Å². The van der Waals surface area contributed by atoms with Gasteiger partial charge in [-0.05, 0) is 51.6 Å². The fourth-order valence-corrected chi connectivity index (χ4v) is 2.04. The first kappa shape index (κ1) is 12.9. The second-order valence-corrected chi connectivity index (χ2v) is 4.98. The molecule has 0 aliphatic carbocycles. The molecule has 0 aliphatic rings. The van der Waals surface area contributed by atoms with Crippen molar-refractivity contribution in [1.82, 2.24) is 5.32 Å². The molecule has 96 valence electrons. The topological polar surface area (TPSA) is 25.2 Å². The van der Waals surface area contributed by atoms with Crippen LogP contribution in [0.3, 0.4) is 0 Å². The molecule has 2 rings (SSSR count). The molecule has 2 aromatic rings. The number of hydrogen-bond acceptors (Lipinski definition) is 2. The fourth-order valence-electron chi connectivity index (χ4n) is 2.04. The summed E-state index contributed by atoms with van der Waals surface area (Å²) < 4.78 is 5.94. The van der Waals surface area contributed by atoms with Crippen LogP contribution < -0.4 is 5.32 Å². The average molecular weight is 243 g/mol. The highest BCUT2D eigenvalue weighted by Crippen LogP contribution is 2.26. The molecule has 0 saturated carbocycles. The highest BCUT2D eigenvalue weighted by molar-refractivity contribution is 5.63. The first-order chi connectivity index (χ1) is 8.60. The Labute approximate surface area is 109 Å². The first-order valence-corrected chi connectivity index (χ1v) is 6.43. The Morgan fingerprint density at radius 1 is 1.17 bits per heavy atom. The largest absolute Gasteiger partial charge is 0.461 e. The lowest BCUT2D eigenvalue weighted by Gasteiger charge is -2.07. The number of hydrogen-bond donors (Lipinski definition) is 1. The Hall–Kier alpha value is -1.54. The molecule has 0 bridgehead atoms. The minimum absolute atomic E-state index is 0.433. The van der Waals surface area contributed by atoms with Crippen molar-refractivity contribution < 1.29 is 4.42 Å². The molecule has 0 radical (unpaired) electrons. The lowest BCUT2D eigenvalue weighted by atomic mass is 10.0. The SMILES string of the molecule is CNC(C)Cc1ccc(-c2cc(C)ccc2C)o1. The van der Waals surface area contributed by atoms with Crippen molar-refractivity contribution in [3.63, 3.8) is 0 Å². The summed E-state index contributed by atoms with van der Waals surface area (Å²) in [5, 5.41) is 3.22. The molecule has 0 amide bonds. The maximum absolute atomic E-state index is 5.94. The molecule has 1 aromatic heterocycles. The Kier molecular flexibility index (Phi) is 3.87. The van der Waals surface area contributed by atoms with Crippen molar-refractivity contribution >= 4 is 0 Å². The van der Waals surface area contributed by atoms with E-state index in [0.717, 1.165) is 17.9 Å². The molecule has 1 heterocycles. The number of likely N-dealkylation sites (N-methyl/N-ethyl adjacent to an activating group) is 1. The molecule has 1 unspecified atom stereocenters. The molecular weight excluding hydrogens is 222 g/mol. The van der Waals surface area contributed by atoms with Gasteiger partial charge < -0.3 is 9.73 Å². The minimum Gasteiger partial charge on any atom is -0.461 e. The van der Waals surface area contributed by atoms with Crippen molar-refractivity contribution in [2.75, 3.05) is 7.05 Å². The Morgan fingerprint density at radius 2 is 1.94 bits per heavy atom. The maximum atomic E-state index is 5.94. The summed E-state index contributed by atoms with van der Waals surface area (Å²) in [6.07, 6.45) is 0.918. The average Bonchev–Trinajstić information content (AvgIpc) is 2.80. The van der Waals surface area contributed by atoms with E-state index in [0.29, 0.717) is 6.04 Å². The zero-order valence-electron chi connectivity index (χ0n) is 11.6. The van der Waals surface area contributed by atoms with E-state index in [-0.39, 0.29) is 0 Å². The van der Waals surface area contributed by atoms with Gasteiger partial charge in [0.2, 0.25) is 0 Å². The van der Waals surface area contributed by atoms with Crippen LogP contribution in [0.15, 0.2) is 34.7 Å². The van der Waals surface area contributed by atoms with Gasteiger partial charge in [0.1, 0.15) is 11.5 Å². The molecule has 0 aliphatic heterocycles. The second-order valence-electron chi connectivity index (χ2n) is 4.98. The zero-order chi connectivity index (χ0) is 13.1. The number of rotatable bonds is 4. The standard InChI is InChI=1S/C16H21NO/c1-11-5-6-12(2)15(9-11)16-8-7-14(18-16)10-13(3)17-4/h5-9,13,17H,10H2,1-4H3. The number of furan rings is 1. The summed E-state index contributed by atoms with van der Waals surface area (Å²) in [6, 6.07) is 11.0. The summed E-state index contributed by atoms with van der Waals surface area (Å²) in [7, 11) is 1.97. The van der Waals surface area contributed by atoms with Crippen molar-refractivity contribution in [1.29, 1.82) is 0 Å². The van der Waals surface area contributed by atoms with Gasteiger partial charge in [-0.3, -0.25) is 0 Å².